The Morgan fingerprint density at radius 3 is 2.56 bits per heavy atom. The summed E-state index contributed by atoms with van der Waals surface area (Å²) in [6, 6.07) is 3.72. The Bertz CT molecular complexity index is 878. The van der Waals surface area contributed by atoms with E-state index in [-0.39, 0.29) is 29.5 Å². The van der Waals surface area contributed by atoms with Gasteiger partial charge in [0.2, 0.25) is 15.9 Å². The van der Waals surface area contributed by atoms with Crippen LogP contribution in [0.2, 0.25) is 5.02 Å². The molecular formula is C18H21ClF2N2O3S. The summed E-state index contributed by atoms with van der Waals surface area (Å²) in [5, 5.41) is 5.08. The van der Waals surface area contributed by atoms with Crippen LogP contribution in [0.1, 0.15) is 24.8 Å². The van der Waals surface area contributed by atoms with Gasteiger partial charge < -0.3 is 4.90 Å². The lowest BCUT2D eigenvalue weighted by Crippen LogP contribution is -2.62. The third-order valence-corrected chi connectivity index (χ3v) is 7.51. The van der Waals surface area contributed by atoms with Gasteiger partial charge in [0.1, 0.15) is 12.0 Å². The van der Waals surface area contributed by atoms with E-state index in [2.05, 4.69) is 0 Å². The predicted octanol–water partition coefficient (Wildman–Crippen LogP) is 2.28. The van der Waals surface area contributed by atoms with E-state index >= 15 is 0 Å². The normalized spacial score (nSPS) is 34.9. The molecule has 4 fully saturated rings. The second kappa shape index (κ2) is 6.39. The van der Waals surface area contributed by atoms with E-state index in [4.69, 9.17) is 16.7 Å². The molecule has 148 valence electrons. The van der Waals surface area contributed by atoms with E-state index in [1.165, 1.54) is 17.0 Å². The van der Waals surface area contributed by atoms with Gasteiger partial charge in [-0.2, -0.15) is 0 Å². The fourth-order valence-electron chi connectivity index (χ4n) is 4.89. The Kier molecular flexibility index (Phi) is 4.51. The molecule has 2 N–H and O–H groups in total. The number of primary sulfonamides is 1. The molecule has 5 nitrogen and oxygen atoms in total. The molecule has 3 saturated carbocycles. The molecule has 5 rings (SSSR count). The minimum atomic E-state index is -3.95. The number of rotatable bonds is 5. The summed E-state index contributed by atoms with van der Waals surface area (Å²) in [5.74, 6) is -1.78. The Morgan fingerprint density at radius 2 is 2.00 bits per heavy atom. The van der Waals surface area contributed by atoms with Crippen molar-refractivity contribution >= 4 is 27.5 Å². The van der Waals surface area contributed by atoms with Crippen molar-refractivity contribution in [2.24, 2.45) is 22.4 Å². The highest BCUT2D eigenvalue weighted by Crippen LogP contribution is 2.65. The smallest absolute Gasteiger partial charge is 0.229 e. The summed E-state index contributed by atoms with van der Waals surface area (Å²) >= 11 is 5.83. The number of nitrogens with zero attached hydrogens (tertiary/aromatic N) is 1. The zero-order valence-electron chi connectivity index (χ0n) is 14.6. The molecule has 3 atom stereocenters. The first-order chi connectivity index (χ1) is 12.6. The maximum absolute atomic E-state index is 14.8. The second-order valence-corrected chi connectivity index (χ2v) is 10.3. The van der Waals surface area contributed by atoms with Gasteiger partial charge >= 0.3 is 0 Å². The number of sulfonamides is 1. The molecule has 2 bridgehead atoms. The molecular weight excluding hydrogens is 398 g/mol. The van der Waals surface area contributed by atoms with Crippen LogP contribution >= 0.6 is 11.6 Å². The van der Waals surface area contributed by atoms with Crippen LogP contribution in [0.4, 0.5) is 8.78 Å². The molecule has 4 aliphatic rings. The average molecular weight is 419 g/mol. The van der Waals surface area contributed by atoms with Crippen LogP contribution in [-0.4, -0.2) is 43.7 Å². The molecule has 1 aromatic rings. The van der Waals surface area contributed by atoms with E-state index in [0.29, 0.717) is 5.92 Å². The molecule has 1 amide bonds. The van der Waals surface area contributed by atoms with Crippen molar-refractivity contribution in [3.05, 3.63) is 34.6 Å². The van der Waals surface area contributed by atoms with Crippen molar-refractivity contribution in [3.63, 3.8) is 0 Å². The van der Waals surface area contributed by atoms with Gasteiger partial charge in [0, 0.05) is 12.0 Å². The molecule has 9 heteroatoms. The van der Waals surface area contributed by atoms with E-state index in [9.17, 15) is 22.0 Å². The zero-order chi connectivity index (χ0) is 19.6. The van der Waals surface area contributed by atoms with Crippen molar-refractivity contribution < 1.29 is 22.0 Å². The summed E-state index contributed by atoms with van der Waals surface area (Å²) in [5.41, 5.74) is -0.192. The molecule has 0 spiro atoms. The Morgan fingerprint density at radius 1 is 1.33 bits per heavy atom. The highest BCUT2D eigenvalue weighted by molar-refractivity contribution is 7.89. The van der Waals surface area contributed by atoms with E-state index in [1.807, 2.05) is 0 Å². The van der Waals surface area contributed by atoms with Gasteiger partial charge in [-0.25, -0.2) is 22.3 Å². The number of hydrogen-bond acceptors (Lipinski definition) is 3. The van der Waals surface area contributed by atoms with Gasteiger partial charge in [0.25, 0.3) is 0 Å². The molecule has 0 aromatic heterocycles. The lowest BCUT2D eigenvalue weighted by Gasteiger charge is -2.61. The number of carbonyl (C=O) groups is 1. The average Bonchev–Trinajstić information content (AvgIpc) is 2.76. The zero-order valence-corrected chi connectivity index (χ0v) is 16.1. The number of amides is 1. The van der Waals surface area contributed by atoms with E-state index in [0.717, 1.165) is 19.3 Å². The second-order valence-electron chi connectivity index (χ2n) is 8.21. The van der Waals surface area contributed by atoms with Crippen molar-refractivity contribution in [1.29, 1.82) is 0 Å². The Balaban J connectivity index is 1.65. The van der Waals surface area contributed by atoms with Crippen molar-refractivity contribution in [3.8, 4) is 0 Å². The van der Waals surface area contributed by atoms with Crippen molar-refractivity contribution in [1.82, 2.24) is 4.90 Å². The third kappa shape index (κ3) is 3.25. The third-order valence-electron chi connectivity index (χ3n) is 6.37. The minimum Gasteiger partial charge on any atom is -0.336 e. The van der Waals surface area contributed by atoms with Crippen LogP contribution in [0.3, 0.4) is 0 Å². The number of nitrogens with two attached hydrogens (primary N) is 1. The number of benzene rings is 1. The SMILES string of the molecule is NS(=O)(=O)C[C@H]1[C@H](F)CN(C(=O)C23CC(C2)C3)[C@H]1Cc1cccc(Cl)c1F. The largest absolute Gasteiger partial charge is 0.336 e. The van der Waals surface area contributed by atoms with Gasteiger partial charge in [-0.1, -0.05) is 23.7 Å². The van der Waals surface area contributed by atoms with Crippen LogP contribution in [0, 0.1) is 23.1 Å². The fourth-order valence-corrected chi connectivity index (χ4v) is 6.05. The van der Waals surface area contributed by atoms with E-state index < -0.39 is 45.1 Å². The summed E-state index contributed by atoms with van der Waals surface area (Å²) in [4.78, 5) is 14.5. The first kappa shape index (κ1) is 19.1. The van der Waals surface area contributed by atoms with Gasteiger partial charge in [0.15, 0.2) is 0 Å². The number of carbonyl (C=O) groups excluding carboxylic acids is 1. The highest BCUT2D eigenvalue weighted by atomic mass is 35.5. The highest BCUT2D eigenvalue weighted by Gasteiger charge is 2.64. The monoisotopic (exact) mass is 418 g/mol. The summed E-state index contributed by atoms with van der Waals surface area (Å²) in [7, 11) is -3.95. The minimum absolute atomic E-state index is 0.00174. The number of likely N-dealkylation sites (tertiary alicyclic amines) is 1. The number of alkyl halides is 1. The van der Waals surface area contributed by atoms with Crippen LogP contribution in [0.5, 0.6) is 0 Å². The van der Waals surface area contributed by atoms with Crippen LogP contribution < -0.4 is 5.14 Å². The first-order valence-corrected chi connectivity index (χ1v) is 11.1. The topological polar surface area (TPSA) is 80.5 Å². The van der Waals surface area contributed by atoms with Crippen LogP contribution in [0.25, 0.3) is 0 Å². The van der Waals surface area contributed by atoms with Crippen LogP contribution in [0.15, 0.2) is 18.2 Å². The summed E-state index contributed by atoms with van der Waals surface area (Å²) in [6.45, 7) is -0.182. The molecule has 1 saturated heterocycles. The Labute approximate surface area is 161 Å². The van der Waals surface area contributed by atoms with Gasteiger partial charge in [-0.05, 0) is 43.2 Å². The molecule has 1 heterocycles. The fraction of sp³-hybridized carbons (Fsp3) is 0.611. The lowest BCUT2D eigenvalue weighted by molar-refractivity contribution is -0.178. The predicted molar refractivity (Wildman–Crippen MR) is 96.7 cm³/mol. The summed E-state index contributed by atoms with van der Waals surface area (Å²) < 4.78 is 52.4. The molecule has 1 aliphatic heterocycles. The van der Waals surface area contributed by atoms with Gasteiger partial charge in [-0.15, -0.1) is 0 Å². The molecule has 1 aromatic carbocycles. The molecule has 27 heavy (non-hydrogen) atoms. The molecule has 0 unspecified atom stereocenters. The first-order valence-electron chi connectivity index (χ1n) is 8.98. The van der Waals surface area contributed by atoms with Crippen molar-refractivity contribution in [2.75, 3.05) is 12.3 Å². The van der Waals surface area contributed by atoms with Gasteiger partial charge in [0.05, 0.1) is 22.7 Å². The summed E-state index contributed by atoms with van der Waals surface area (Å²) in [6.07, 6.45) is 0.886. The number of halogens is 3. The maximum Gasteiger partial charge on any atom is 0.229 e. The molecule has 0 radical (unpaired) electrons. The number of hydrogen-bond donors (Lipinski definition) is 1. The Hall–Kier alpha value is -1.25. The lowest BCUT2D eigenvalue weighted by atomic mass is 9.44. The quantitative estimate of drug-likeness (QED) is 0.796. The van der Waals surface area contributed by atoms with E-state index in [1.54, 1.807) is 6.07 Å². The molecule has 3 aliphatic carbocycles. The van der Waals surface area contributed by atoms with Crippen molar-refractivity contribution in [2.45, 2.75) is 37.9 Å². The standard InChI is InChI=1S/C18H21ClF2N2O3S/c19-13-3-1-2-11(16(13)21)4-15-12(9-27(22,25)26)14(20)8-23(15)17(24)18-5-10(6-18)7-18/h1-3,10,12,14-15H,4-9H2,(H2,22,25,26)/t10?,12-,14+,15-,18?/m0/s1. The van der Waals surface area contributed by atoms with Gasteiger partial charge in [-0.3, -0.25) is 4.79 Å². The maximum atomic E-state index is 14.8. The van der Waals surface area contributed by atoms with Crippen LogP contribution in [-0.2, 0) is 21.2 Å².